The number of aromatic nitrogens is 4. The molecule has 0 radical (unpaired) electrons. The summed E-state index contributed by atoms with van der Waals surface area (Å²) in [6.07, 6.45) is 0. The minimum absolute atomic E-state index is 0.416. The van der Waals surface area contributed by atoms with Crippen LogP contribution in [0, 0.1) is 0 Å². The maximum absolute atomic E-state index is 5.97. The van der Waals surface area contributed by atoms with Gasteiger partial charge in [-0.05, 0) is 66.9 Å². The molecular weight excluding hydrogens is 435 g/mol. The number of H-pyrrole nitrogens is 1. The first kappa shape index (κ1) is 15.5. The Hall–Kier alpha value is -1.44. The minimum Gasteiger partial charge on any atom is -0.487 e. The molecule has 0 bridgehead atoms. The van der Waals surface area contributed by atoms with Gasteiger partial charge in [0.1, 0.15) is 12.4 Å². The zero-order valence-electron chi connectivity index (χ0n) is 11.1. The third-order valence-electron chi connectivity index (χ3n) is 2.87. The summed E-state index contributed by atoms with van der Waals surface area (Å²) in [6, 6.07) is 11.3. The highest BCUT2D eigenvalue weighted by molar-refractivity contribution is 9.11. The summed E-state index contributed by atoms with van der Waals surface area (Å²) >= 11 is 13.0. The van der Waals surface area contributed by atoms with Gasteiger partial charge in [0.15, 0.2) is 0 Å². The molecule has 22 heavy (non-hydrogen) atoms. The lowest BCUT2D eigenvalue weighted by Gasteiger charge is -2.11. The van der Waals surface area contributed by atoms with Gasteiger partial charge in [-0.15, -0.1) is 10.2 Å². The third kappa shape index (κ3) is 3.48. The van der Waals surface area contributed by atoms with E-state index in [1.807, 2.05) is 36.4 Å². The highest BCUT2D eigenvalue weighted by Gasteiger charge is 2.12. The second-order valence-electron chi connectivity index (χ2n) is 4.42. The molecule has 3 aromatic rings. The Bertz CT molecular complexity index is 772. The van der Waals surface area contributed by atoms with Crippen molar-refractivity contribution in [2.24, 2.45) is 0 Å². The largest absolute Gasteiger partial charge is 0.487 e. The van der Waals surface area contributed by atoms with Gasteiger partial charge in [0.05, 0.1) is 8.95 Å². The van der Waals surface area contributed by atoms with Crippen molar-refractivity contribution in [3.63, 3.8) is 0 Å². The summed E-state index contributed by atoms with van der Waals surface area (Å²) in [6.45, 7) is 0.416. The average molecular weight is 445 g/mol. The van der Waals surface area contributed by atoms with E-state index in [4.69, 9.17) is 16.3 Å². The monoisotopic (exact) mass is 442 g/mol. The molecule has 5 nitrogen and oxygen atoms in total. The molecule has 112 valence electrons. The van der Waals surface area contributed by atoms with Crippen LogP contribution in [0.1, 0.15) is 5.56 Å². The number of halogens is 3. The molecule has 0 saturated carbocycles. The predicted molar refractivity (Wildman–Crippen MR) is 90.8 cm³/mol. The van der Waals surface area contributed by atoms with E-state index in [-0.39, 0.29) is 0 Å². The van der Waals surface area contributed by atoms with E-state index >= 15 is 0 Å². The van der Waals surface area contributed by atoms with E-state index in [1.165, 1.54) is 0 Å². The van der Waals surface area contributed by atoms with Crippen molar-refractivity contribution in [1.82, 2.24) is 20.6 Å². The van der Waals surface area contributed by atoms with Crippen LogP contribution in [-0.4, -0.2) is 20.6 Å². The van der Waals surface area contributed by atoms with E-state index in [2.05, 4.69) is 52.5 Å². The average Bonchev–Trinajstić information content (AvgIpc) is 3.00. The van der Waals surface area contributed by atoms with Crippen molar-refractivity contribution < 1.29 is 4.74 Å². The molecule has 0 unspecified atom stereocenters. The number of tetrazole rings is 1. The fourth-order valence-electron chi connectivity index (χ4n) is 1.89. The van der Waals surface area contributed by atoms with Crippen LogP contribution in [0.5, 0.6) is 5.75 Å². The Morgan fingerprint density at radius 1 is 1.14 bits per heavy atom. The summed E-state index contributed by atoms with van der Waals surface area (Å²) in [7, 11) is 0. The number of hydrogen-bond acceptors (Lipinski definition) is 4. The quantitative estimate of drug-likeness (QED) is 0.638. The van der Waals surface area contributed by atoms with Crippen LogP contribution >= 0.6 is 43.5 Å². The van der Waals surface area contributed by atoms with Gasteiger partial charge in [0.2, 0.25) is 5.82 Å². The van der Waals surface area contributed by atoms with Gasteiger partial charge in [-0.25, -0.2) is 0 Å². The maximum Gasteiger partial charge on any atom is 0.204 e. The lowest BCUT2D eigenvalue weighted by atomic mass is 10.2. The topological polar surface area (TPSA) is 63.7 Å². The van der Waals surface area contributed by atoms with E-state index in [0.29, 0.717) is 23.2 Å². The molecular formula is C14H9Br2ClN4O. The molecule has 0 aliphatic carbocycles. The molecule has 0 aliphatic rings. The molecule has 8 heteroatoms. The zero-order valence-corrected chi connectivity index (χ0v) is 15.0. The molecule has 1 aromatic heterocycles. The van der Waals surface area contributed by atoms with Gasteiger partial charge in [0.25, 0.3) is 0 Å². The molecule has 0 spiro atoms. The molecule has 1 heterocycles. The van der Waals surface area contributed by atoms with Crippen LogP contribution < -0.4 is 4.74 Å². The van der Waals surface area contributed by atoms with Crippen molar-refractivity contribution in [1.29, 1.82) is 0 Å². The van der Waals surface area contributed by atoms with Crippen molar-refractivity contribution in [2.75, 3.05) is 0 Å². The lowest BCUT2D eigenvalue weighted by molar-refractivity contribution is 0.302. The molecule has 0 aliphatic heterocycles. The van der Waals surface area contributed by atoms with Gasteiger partial charge < -0.3 is 4.74 Å². The molecule has 0 atom stereocenters. The predicted octanol–water partition coefficient (Wildman–Crippen LogP) is 4.62. The van der Waals surface area contributed by atoms with Crippen LogP contribution in [0.15, 0.2) is 45.3 Å². The molecule has 1 N–H and O–H groups in total. The van der Waals surface area contributed by atoms with E-state index in [9.17, 15) is 0 Å². The maximum atomic E-state index is 5.97. The highest BCUT2D eigenvalue weighted by Crippen LogP contribution is 2.37. The lowest BCUT2D eigenvalue weighted by Crippen LogP contribution is -1.97. The van der Waals surface area contributed by atoms with Crippen LogP contribution in [0.2, 0.25) is 5.02 Å². The van der Waals surface area contributed by atoms with Crippen molar-refractivity contribution in [3.05, 3.63) is 55.9 Å². The first-order valence-corrected chi connectivity index (χ1v) is 8.20. The zero-order chi connectivity index (χ0) is 15.5. The van der Waals surface area contributed by atoms with Gasteiger partial charge in [-0.2, -0.15) is 5.21 Å². The Morgan fingerprint density at radius 2 is 1.91 bits per heavy atom. The van der Waals surface area contributed by atoms with Crippen LogP contribution in [-0.2, 0) is 6.61 Å². The Morgan fingerprint density at radius 3 is 2.55 bits per heavy atom. The second-order valence-corrected chi connectivity index (χ2v) is 6.57. The number of ether oxygens (including phenoxy) is 1. The summed E-state index contributed by atoms with van der Waals surface area (Å²) in [5.74, 6) is 1.22. The smallest absolute Gasteiger partial charge is 0.204 e. The number of nitrogens with zero attached hydrogens (tertiary/aromatic N) is 3. The van der Waals surface area contributed by atoms with Gasteiger partial charge in [-0.1, -0.05) is 23.7 Å². The van der Waals surface area contributed by atoms with E-state index in [0.717, 1.165) is 20.1 Å². The standard InChI is InChI=1S/C14H9Br2ClN4O/c15-11-5-9(14-18-20-21-19-14)6-12(16)13(11)22-7-8-2-1-3-10(17)4-8/h1-6H,7H2,(H,18,19,20,21). The summed E-state index contributed by atoms with van der Waals surface area (Å²) < 4.78 is 7.45. The fraction of sp³-hybridized carbons (Fsp3) is 0.0714. The number of benzene rings is 2. The van der Waals surface area contributed by atoms with Crippen molar-refractivity contribution in [3.8, 4) is 17.1 Å². The molecule has 0 fully saturated rings. The number of hydrogen-bond donors (Lipinski definition) is 1. The number of rotatable bonds is 4. The minimum atomic E-state index is 0.416. The van der Waals surface area contributed by atoms with Gasteiger partial charge >= 0.3 is 0 Å². The van der Waals surface area contributed by atoms with E-state index in [1.54, 1.807) is 0 Å². The van der Waals surface area contributed by atoms with E-state index < -0.39 is 0 Å². The molecule has 2 aromatic carbocycles. The summed E-state index contributed by atoms with van der Waals surface area (Å²) in [5.41, 5.74) is 1.82. The highest BCUT2D eigenvalue weighted by atomic mass is 79.9. The summed E-state index contributed by atoms with van der Waals surface area (Å²) in [4.78, 5) is 0. The van der Waals surface area contributed by atoms with Crippen LogP contribution in [0.25, 0.3) is 11.4 Å². The number of aromatic amines is 1. The SMILES string of the molecule is Clc1cccc(COc2c(Br)cc(-c3nn[nH]n3)cc2Br)c1. The Labute approximate surface area is 148 Å². The Kier molecular flexibility index (Phi) is 4.75. The van der Waals surface area contributed by atoms with Gasteiger partial charge in [0, 0.05) is 10.6 Å². The molecule has 0 saturated heterocycles. The molecule has 3 rings (SSSR count). The molecule has 0 amide bonds. The normalized spacial score (nSPS) is 10.7. The van der Waals surface area contributed by atoms with Crippen molar-refractivity contribution in [2.45, 2.75) is 6.61 Å². The van der Waals surface area contributed by atoms with Crippen LogP contribution in [0.3, 0.4) is 0 Å². The first-order valence-electron chi connectivity index (χ1n) is 6.23. The Balaban J connectivity index is 1.82. The fourth-order valence-corrected chi connectivity index (χ4v) is 3.52. The summed E-state index contributed by atoms with van der Waals surface area (Å²) in [5, 5.41) is 14.6. The number of nitrogens with one attached hydrogen (secondary N) is 1. The third-order valence-corrected chi connectivity index (χ3v) is 4.29. The first-order chi connectivity index (χ1) is 10.6. The second kappa shape index (κ2) is 6.76. The van der Waals surface area contributed by atoms with Crippen LogP contribution in [0.4, 0.5) is 0 Å². The van der Waals surface area contributed by atoms with Crippen molar-refractivity contribution >= 4 is 43.5 Å². The van der Waals surface area contributed by atoms with Gasteiger partial charge in [-0.3, -0.25) is 0 Å².